The van der Waals surface area contributed by atoms with E-state index in [0.29, 0.717) is 19.4 Å². The zero-order valence-corrected chi connectivity index (χ0v) is 12.8. The van der Waals surface area contributed by atoms with Crippen LogP contribution >= 0.6 is 0 Å². The number of rotatable bonds is 6. The van der Waals surface area contributed by atoms with Crippen LogP contribution in [0.2, 0.25) is 0 Å². The minimum absolute atomic E-state index is 0.000949. The number of carbonyl (C=O) groups is 2. The molecular formula is C16H24N2O2. The first-order valence-corrected chi connectivity index (χ1v) is 7.10. The van der Waals surface area contributed by atoms with Gasteiger partial charge in [0.2, 0.25) is 11.8 Å². The van der Waals surface area contributed by atoms with Gasteiger partial charge in [0.25, 0.3) is 0 Å². The molecule has 1 rings (SSSR count). The van der Waals surface area contributed by atoms with Crippen LogP contribution in [0.4, 0.5) is 0 Å². The summed E-state index contributed by atoms with van der Waals surface area (Å²) in [5.74, 6) is -0.109. The number of benzene rings is 1. The smallest absolute Gasteiger partial charge is 0.242 e. The molecule has 2 amide bonds. The summed E-state index contributed by atoms with van der Waals surface area (Å²) in [6.45, 7) is 6.24. The van der Waals surface area contributed by atoms with Crippen LogP contribution in [0.5, 0.6) is 0 Å². The summed E-state index contributed by atoms with van der Waals surface area (Å²) in [7, 11) is 1.60. The first kappa shape index (κ1) is 16.2. The van der Waals surface area contributed by atoms with Gasteiger partial charge in [-0.1, -0.05) is 43.7 Å². The number of likely N-dealkylation sites (N-methyl/N-ethyl adjacent to an activating group) is 1. The molecule has 0 aliphatic rings. The number of hydrogen-bond acceptors (Lipinski definition) is 2. The molecule has 0 radical (unpaired) electrons. The second kappa shape index (κ2) is 7.68. The van der Waals surface area contributed by atoms with E-state index in [1.54, 1.807) is 11.9 Å². The van der Waals surface area contributed by atoms with Crippen molar-refractivity contribution in [2.75, 3.05) is 7.05 Å². The van der Waals surface area contributed by atoms with Crippen LogP contribution in [0.15, 0.2) is 24.3 Å². The number of nitrogens with zero attached hydrogens (tertiary/aromatic N) is 1. The third-order valence-corrected chi connectivity index (χ3v) is 3.41. The van der Waals surface area contributed by atoms with Gasteiger partial charge in [0.15, 0.2) is 0 Å². The van der Waals surface area contributed by atoms with E-state index in [-0.39, 0.29) is 11.8 Å². The Kier molecular flexibility index (Phi) is 6.22. The van der Waals surface area contributed by atoms with Crippen molar-refractivity contribution in [3.05, 3.63) is 35.4 Å². The van der Waals surface area contributed by atoms with E-state index in [0.717, 1.165) is 5.56 Å². The van der Waals surface area contributed by atoms with Crippen molar-refractivity contribution in [3.63, 3.8) is 0 Å². The number of carbonyl (C=O) groups excluding carboxylic acids is 2. The largest absolute Gasteiger partial charge is 0.357 e. The minimum atomic E-state index is -0.409. The highest BCUT2D eigenvalue weighted by Crippen LogP contribution is 2.14. The average Bonchev–Trinajstić information content (AvgIpc) is 2.47. The lowest BCUT2D eigenvalue weighted by Gasteiger charge is -2.30. The summed E-state index contributed by atoms with van der Waals surface area (Å²) < 4.78 is 0. The fourth-order valence-electron chi connectivity index (χ4n) is 2.18. The third kappa shape index (κ3) is 4.08. The van der Waals surface area contributed by atoms with Crippen molar-refractivity contribution < 1.29 is 9.59 Å². The maximum absolute atomic E-state index is 12.1. The van der Waals surface area contributed by atoms with Gasteiger partial charge in [0.1, 0.15) is 6.04 Å². The van der Waals surface area contributed by atoms with Gasteiger partial charge in [-0.25, -0.2) is 0 Å². The number of hydrogen-bond donors (Lipinski definition) is 1. The van der Waals surface area contributed by atoms with Crippen LogP contribution in [0, 0.1) is 6.92 Å². The maximum Gasteiger partial charge on any atom is 0.242 e. The van der Waals surface area contributed by atoms with Crippen LogP contribution in [0.1, 0.15) is 37.8 Å². The summed E-state index contributed by atoms with van der Waals surface area (Å²) in [6, 6.07) is 7.63. The summed E-state index contributed by atoms with van der Waals surface area (Å²) in [5.41, 5.74) is 2.22. The predicted octanol–water partition coefficient (Wildman–Crippen LogP) is 2.26. The Morgan fingerprint density at radius 3 is 2.25 bits per heavy atom. The van der Waals surface area contributed by atoms with Gasteiger partial charge >= 0.3 is 0 Å². The zero-order chi connectivity index (χ0) is 15.1. The molecule has 0 aliphatic carbocycles. The first-order valence-electron chi connectivity index (χ1n) is 7.10. The van der Waals surface area contributed by atoms with Crippen LogP contribution in [0.25, 0.3) is 0 Å². The molecule has 0 bridgehead atoms. The molecule has 0 unspecified atom stereocenters. The molecule has 110 valence electrons. The normalized spacial score (nSPS) is 11.8. The van der Waals surface area contributed by atoms with E-state index in [4.69, 9.17) is 0 Å². The van der Waals surface area contributed by atoms with Gasteiger partial charge in [0.05, 0.1) is 0 Å². The Morgan fingerprint density at radius 2 is 1.80 bits per heavy atom. The van der Waals surface area contributed by atoms with Crippen molar-refractivity contribution in [2.45, 2.75) is 46.2 Å². The van der Waals surface area contributed by atoms with Gasteiger partial charge in [0, 0.05) is 20.0 Å². The van der Waals surface area contributed by atoms with Crippen molar-refractivity contribution in [3.8, 4) is 0 Å². The number of nitrogens with one attached hydrogen (secondary N) is 1. The predicted molar refractivity (Wildman–Crippen MR) is 80.2 cm³/mol. The Morgan fingerprint density at radius 1 is 1.20 bits per heavy atom. The molecule has 0 saturated heterocycles. The summed E-state index contributed by atoms with van der Waals surface area (Å²) >= 11 is 0. The summed E-state index contributed by atoms with van der Waals surface area (Å²) in [4.78, 5) is 25.8. The van der Waals surface area contributed by atoms with Crippen LogP contribution in [-0.2, 0) is 16.1 Å². The third-order valence-electron chi connectivity index (χ3n) is 3.41. The molecule has 4 nitrogen and oxygen atoms in total. The zero-order valence-electron chi connectivity index (χ0n) is 12.8. The van der Waals surface area contributed by atoms with Crippen LogP contribution < -0.4 is 5.32 Å². The Labute approximate surface area is 121 Å². The average molecular weight is 276 g/mol. The monoisotopic (exact) mass is 276 g/mol. The van der Waals surface area contributed by atoms with Crippen molar-refractivity contribution >= 4 is 11.8 Å². The topological polar surface area (TPSA) is 49.4 Å². The molecule has 0 fully saturated rings. The van der Waals surface area contributed by atoms with Gasteiger partial charge in [-0.3, -0.25) is 9.59 Å². The number of amides is 2. The van der Waals surface area contributed by atoms with Crippen molar-refractivity contribution in [2.24, 2.45) is 0 Å². The second-order valence-corrected chi connectivity index (χ2v) is 4.90. The molecular weight excluding hydrogens is 252 g/mol. The summed E-state index contributed by atoms with van der Waals surface area (Å²) in [6.07, 6.45) is 1.01. The second-order valence-electron chi connectivity index (χ2n) is 4.90. The molecule has 0 heterocycles. The van der Waals surface area contributed by atoms with Crippen molar-refractivity contribution in [1.82, 2.24) is 10.2 Å². The molecule has 0 aromatic heterocycles. The SMILES string of the molecule is CCC(=O)N(Cc1ccc(C)cc1)[C@@H](CC)C(=O)NC. The van der Waals surface area contributed by atoms with E-state index in [1.165, 1.54) is 5.56 Å². The Hall–Kier alpha value is -1.84. The quantitative estimate of drug-likeness (QED) is 0.866. The van der Waals surface area contributed by atoms with Crippen molar-refractivity contribution in [1.29, 1.82) is 0 Å². The standard InChI is InChI=1S/C16H24N2O2/c1-5-14(16(20)17-4)18(15(19)6-2)11-13-9-7-12(3)8-10-13/h7-10,14H,5-6,11H2,1-4H3,(H,17,20)/t14-/m0/s1. The maximum atomic E-state index is 12.1. The molecule has 1 atom stereocenters. The highest BCUT2D eigenvalue weighted by molar-refractivity contribution is 5.87. The highest BCUT2D eigenvalue weighted by Gasteiger charge is 2.26. The summed E-state index contributed by atoms with van der Waals surface area (Å²) in [5, 5.41) is 2.64. The van der Waals surface area contributed by atoms with E-state index in [2.05, 4.69) is 5.32 Å². The lowest BCUT2D eigenvalue weighted by Crippen LogP contribution is -2.47. The molecule has 1 aromatic carbocycles. The lowest BCUT2D eigenvalue weighted by atomic mass is 10.1. The number of aryl methyl sites for hydroxylation is 1. The molecule has 0 spiro atoms. The molecule has 4 heteroatoms. The highest BCUT2D eigenvalue weighted by atomic mass is 16.2. The van der Waals surface area contributed by atoms with E-state index < -0.39 is 6.04 Å². The molecule has 1 N–H and O–H groups in total. The van der Waals surface area contributed by atoms with Gasteiger partial charge in [-0.05, 0) is 18.9 Å². The minimum Gasteiger partial charge on any atom is -0.357 e. The van der Waals surface area contributed by atoms with Gasteiger partial charge < -0.3 is 10.2 Å². The van der Waals surface area contributed by atoms with E-state index >= 15 is 0 Å². The molecule has 0 aliphatic heterocycles. The van der Waals surface area contributed by atoms with Gasteiger partial charge in [-0.2, -0.15) is 0 Å². The van der Waals surface area contributed by atoms with E-state index in [1.807, 2.05) is 45.0 Å². The fourth-order valence-corrected chi connectivity index (χ4v) is 2.18. The van der Waals surface area contributed by atoms with Crippen LogP contribution in [0.3, 0.4) is 0 Å². The van der Waals surface area contributed by atoms with Crippen LogP contribution in [-0.4, -0.2) is 29.8 Å². The molecule has 20 heavy (non-hydrogen) atoms. The molecule has 0 saturated carbocycles. The first-order chi connectivity index (χ1) is 9.53. The van der Waals surface area contributed by atoms with E-state index in [9.17, 15) is 9.59 Å². The Balaban J connectivity index is 2.96. The Bertz CT molecular complexity index is 454. The van der Waals surface area contributed by atoms with Gasteiger partial charge in [-0.15, -0.1) is 0 Å². The lowest BCUT2D eigenvalue weighted by molar-refractivity contribution is -0.141. The molecule has 1 aromatic rings. The fraction of sp³-hybridized carbons (Fsp3) is 0.500.